The zero-order valence-electron chi connectivity index (χ0n) is 9.81. The highest BCUT2D eigenvalue weighted by Crippen LogP contribution is 2.21. The third-order valence-electron chi connectivity index (χ3n) is 1.87. The quantitative estimate of drug-likeness (QED) is 0.602. The van der Waals surface area contributed by atoms with Gasteiger partial charge in [-0.15, -0.1) is 0 Å². The van der Waals surface area contributed by atoms with Crippen molar-refractivity contribution >= 4 is 17.6 Å². The molecule has 0 aliphatic carbocycles. The lowest BCUT2D eigenvalue weighted by Gasteiger charge is -2.19. The molecule has 0 aliphatic heterocycles. The zero-order chi connectivity index (χ0) is 13.2. The Kier molecular flexibility index (Phi) is 4.09. The van der Waals surface area contributed by atoms with Crippen molar-refractivity contribution in [1.29, 1.82) is 0 Å². The highest BCUT2D eigenvalue weighted by Gasteiger charge is 2.19. The van der Waals surface area contributed by atoms with E-state index in [1.54, 1.807) is 20.8 Å². The van der Waals surface area contributed by atoms with E-state index in [0.717, 1.165) is 0 Å². The van der Waals surface area contributed by atoms with Crippen LogP contribution in [0.15, 0.2) is 12.1 Å². The predicted molar refractivity (Wildman–Crippen MR) is 60.9 cm³/mol. The monoisotopic (exact) mass is 262 g/mol. The maximum absolute atomic E-state index is 13.4. The molecule has 0 radical (unpaired) electrons. The molecule has 0 fully saturated rings. The molecule has 0 bridgehead atoms. The van der Waals surface area contributed by atoms with Crippen molar-refractivity contribution in [3.8, 4) is 0 Å². The van der Waals surface area contributed by atoms with Crippen molar-refractivity contribution in [2.75, 3.05) is 0 Å². The molecule has 1 rings (SSSR count). The van der Waals surface area contributed by atoms with Gasteiger partial charge in [0.1, 0.15) is 5.60 Å². The summed E-state index contributed by atoms with van der Waals surface area (Å²) in [6, 6.07) is 2.48. The van der Waals surface area contributed by atoms with Gasteiger partial charge >= 0.3 is 5.97 Å². The van der Waals surface area contributed by atoms with Crippen LogP contribution in [-0.4, -0.2) is 11.6 Å². The summed E-state index contributed by atoms with van der Waals surface area (Å²) in [5, 5.41) is -0.310. The minimum Gasteiger partial charge on any atom is -0.460 e. The topological polar surface area (TPSA) is 26.3 Å². The summed E-state index contributed by atoms with van der Waals surface area (Å²) in [5.74, 6) is -2.87. The normalized spacial score (nSPS) is 11.4. The van der Waals surface area contributed by atoms with Crippen LogP contribution < -0.4 is 0 Å². The standard InChI is InChI=1S/C12H13ClF2O2/c1-12(2,3)17-9(16)6-7-4-5-8(13)11(15)10(7)14/h4-5H,6H2,1-3H3. The molecule has 17 heavy (non-hydrogen) atoms. The Balaban J connectivity index is 2.83. The molecule has 0 amide bonds. The van der Waals surface area contributed by atoms with Gasteiger partial charge in [-0.2, -0.15) is 0 Å². The SMILES string of the molecule is CC(C)(C)OC(=O)Cc1ccc(Cl)c(F)c1F. The molecule has 5 heteroatoms. The molecule has 1 aromatic carbocycles. The molecule has 0 N–H and O–H groups in total. The number of rotatable bonds is 2. The molecular weight excluding hydrogens is 250 g/mol. The van der Waals surface area contributed by atoms with Crippen LogP contribution in [0.4, 0.5) is 8.78 Å². The second-order valence-corrected chi connectivity index (χ2v) is 5.00. The van der Waals surface area contributed by atoms with Gasteiger partial charge in [0, 0.05) is 5.56 Å². The van der Waals surface area contributed by atoms with Crippen LogP contribution in [0.25, 0.3) is 0 Å². The van der Waals surface area contributed by atoms with E-state index in [9.17, 15) is 13.6 Å². The highest BCUT2D eigenvalue weighted by molar-refractivity contribution is 6.30. The number of hydrogen-bond acceptors (Lipinski definition) is 2. The third kappa shape index (κ3) is 3.97. The van der Waals surface area contributed by atoms with Crippen LogP contribution in [0.5, 0.6) is 0 Å². The van der Waals surface area contributed by atoms with E-state index >= 15 is 0 Å². The fourth-order valence-corrected chi connectivity index (χ4v) is 1.38. The van der Waals surface area contributed by atoms with Gasteiger partial charge in [-0.25, -0.2) is 8.78 Å². The van der Waals surface area contributed by atoms with Crippen molar-refractivity contribution in [3.63, 3.8) is 0 Å². The van der Waals surface area contributed by atoms with Crippen LogP contribution in [0, 0.1) is 11.6 Å². The third-order valence-corrected chi connectivity index (χ3v) is 2.16. The Morgan fingerprint density at radius 2 is 1.88 bits per heavy atom. The molecule has 0 unspecified atom stereocenters. The number of benzene rings is 1. The summed E-state index contributed by atoms with van der Waals surface area (Å²) < 4.78 is 31.5. The van der Waals surface area contributed by atoms with Crippen molar-refractivity contribution in [3.05, 3.63) is 34.4 Å². The van der Waals surface area contributed by atoms with E-state index in [1.165, 1.54) is 12.1 Å². The van der Waals surface area contributed by atoms with Gasteiger partial charge in [0.15, 0.2) is 11.6 Å². The van der Waals surface area contributed by atoms with E-state index in [-0.39, 0.29) is 17.0 Å². The lowest BCUT2D eigenvalue weighted by Crippen LogP contribution is -2.25. The van der Waals surface area contributed by atoms with Crippen LogP contribution in [0.3, 0.4) is 0 Å². The minimum absolute atomic E-state index is 0.0684. The van der Waals surface area contributed by atoms with Crippen LogP contribution in [0.1, 0.15) is 26.3 Å². The first-order chi connectivity index (χ1) is 7.70. The molecule has 0 heterocycles. The van der Waals surface area contributed by atoms with Crippen molar-refractivity contribution in [2.24, 2.45) is 0 Å². The lowest BCUT2D eigenvalue weighted by molar-refractivity contribution is -0.153. The van der Waals surface area contributed by atoms with Gasteiger partial charge < -0.3 is 4.74 Å². The Morgan fingerprint density at radius 3 is 2.41 bits per heavy atom. The summed E-state index contributed by atoms with van der Waals surface area (Å²) in [4.78, 5) is 11.4. The van der Waals surface area contributed by atoms with E-state index < -0.39 is 23.2 Å². The van der Waals surface area contributed by atoms with Gasteiger partial charge in [0.05, 0.1) is 11.4 Å². The summed E-state index contributed by atoms with van der Waals surface area (Å²) >= 11 is 5.40. The second-order valence-electron chi connectivity index (χ2n) is 4.60. The van der Waals surface area contributed by atoms with Gasteiger partial charge in [-0.05, 0) is 26.8 Å². The van der Waals surface area contributed by atoms with Crippen molar-refractivity contribution in [2.45, 2.75) is 32.8 Å². The van der Waals surface area contributed by atoms with Crippen LogP contribution in [0.2, 0.25) is 5.02 Å². The molecule has 1 aromatic rings. The Hall–Kier alpha value is -1.16. The summed E-state index contributed by atoms with van der Waals surface area (Å²) in [5.41, 5.74) is -0.723. The number of halogens is 3. The number of esters is 1. The molecule has 0 aromatic heterocycles. The van der Waals surface area contributed by atoms with Crippen LogP contribution in [-0.2, 0) is 16.0 Å². The van der Waals surface area contributed by atoms with E-state index in [2.05, 4.69) is 0 Å². The molecular formula is C12H13ClF2O2. The Bertz CT molecular complexity index is 439. The second kappa shape index (κ2) is 5.00. The molecule has 0 saturated heterocycles. The molecule has 0 spiro atoms. The first-order valence-electron chi connectivity index (χ1n) is 5.05. The lowest BCUT2D eigenvalue weighted by atomic mass is 10.1. The van der Waals surface area contributed by atoms with Crippen LogP contribution >= 0.6 is 11.6 Å². The van der Waals surface area contributed by atoms with Crippen molar-refractivity contribution in [1.82, 2.24) is 0 Å². The molecule has 0 aliphatic rings. The first kappa shape index (κ1) is 13.9. The smallest absolute Gasteiger partial charge is 0.310 e. The number of carbonyl (C=O) groups is 1. The molecule has 2 nitrogen and oxygen atoms in total. The summed E-state index contributed by atoms with van der Waals surface area (Å²) in [6.07, 6.45) is -0.322. The molecule has 0 saturated carbocycles. The average Bonchev–Trinajstić information content (AvgIpc) is 2.16. The first-order valence-corrected chi connectivity index (χ1v) is 5.43. The van der Waals surface area contributed by atoms with Gasteiger partial charge in [-0.3, -0.25) is 4.79 Å². The number of hydrogen-bond donors (Lipinski definition) is 0. The van der Waals surface area contributed by atoms with E-state index in [1.807, 2.05) is 0 Å². The zero-order valence-corrected chi connectivity index (χ0v) is 10.6. The van der Waals surface area contributed by atoms with E-state index in [4.69, 9.17) is 16.3 Å². The number of carbonyl (C=O) groups excluding carboxylic acids is 1. The Labute approximate surface area is 104 Å². The largest absolute Gasteiger partial charge is 0.460 e. The fourth-order valence-electron chi connectivity index (χ4n) is 1.24. The van der Waals surface area contributed by atoms with Crippen molar-refractivity contribution < 1.29 is 18.3 Å². The molecule has 94 valence electrons. The van der Waals surface area contributed by atoms with E-state index in [0.29, 0.717) is 0 Å². The van der Waals surface area contributed by atoms with Gasteiger partial charge in [0.2, 0.25) is 0 Å². The minimum atomic E-state index is -1.15. The fraction of sp³-hybridized carbons (Fsp3) is 0.417. The maximum atomic E-state index is 13.4. The Morgan fingerprint density at radius 1 is 1.29 bits per heavy atom. The highest BCUT2D eigenvalue weighted by atomic mass is 35.5. The average molecular weight is 263 g/mol. The summed E-state index contributed by atoms with van der Waals surface area (Å²) in [6.45, 7) is 5.09. The molecule has 0 atom stereocenters. The maximum Gasteiger partial charge on any atom is 0.310 e. The van der Waals surface area contributed by atoms with Gasteiger partial charge in [0.25, 0.3) is 0 Å². The summed E-state index contributed by atoms with van der Waals surface area (Å²) in [7, 11) is 0. The number of ether oxygens (including phenoxy) is 1. The predicted octanol–water partition coefficient (Wildman–Crippen LogP) is 3.50. The van der Waals surface area contributed by atoms with Gasteiger partial charge in [-0.1, -0.05) is 17.7 Å².